The van der Waals surface area contributed by atoms with Crippen LogP contribution in [0.1, 0.15) is 26.2 Å². The summed E-state index contributed by atoms with van der Waals surface area (Å²) in [6.07, 6.45) is 2.98. The van der Waals surface area contributed by atoms with Crippen molar-refractivity contribution in [1.29, 1.82) is 0 Å². The summed E-state index contributed by atoms with van der Waals surface area (Å²) < 4.78 is 5.40. The molecule has 1 aromatic carbocycles. The van der Waals surface area contributed by atoms with Crippen molar-refractivity contribution in [3.63, 3.8) is 0 Å². The highest BCUT2D eigenvalue weighted by Crippen LogP contribution is 2.25. The van der Waals surface area contributed by atoms with Crippen molar-refractivity contribution in [2.24, 2.45) is 0 Å². The molecule has 0 aliphatic heterocycles. The zero-order chi connectivity index (χ0) is 14.8. The predicted molar refractivity (Wildman–Crippen MR) is 83.8 cm³/mol. The van der Waals surface area contributed by atoms with Gasteiger partial charge in [-0.25, -0.2) is 4.79 Å². The Morgan fingerprint density at radius 2 is 2.00 bits per heavy atom. The highest BCUT2D eigenvalue weighted by atomic mass is 35.5. The fourth-order valence-electron chi connectivity index (χ4n) is 1.48. The summed E-state index contributed by atoms with van der Waals surface area (Å²) in [5, 5.41) is 6.35. The lowest BCUT2D eigenvalue weighted by molar-refractivity contribution is 0.129. The maximum atomic E-state index is 11.6. The van der Waals surface area contributed by atoms with Crippen LogP contribution < -0.4 is 10.6 Å². The van der Waals surface area contributed by atoms with E-state index in [1.165, 1.54) is 0 Å². The summed E-state index contributed by atoms with van der Waals surface area (Å²) in [5.74, 6) is 0. The monoisotopic (exact) mass is 318 g/mol. The first-order chi connectivity index (χ1) is 9.63. The Morgan fingerprint density at radius 3 is 2.70 bits per heavy atom. The second-order valence-electron chi connectivity index (χ2n) is 4.32. The number of nitrogens with one attached hydrogen (secondary N) is 2. The quantitative estimate of drug-likeness (QED) is 0.701. The minimum atomic E-state index is -0.289. The molecule has 20 heavy (non-hydrogen) atoms. The molecule has 0 fully saturated rings. The standard InChI is InChI=1S/C14H20Cl2N2O2/c1-2-3-8-20-9-4-7-17-14(19)18-13-6-5-11(15)10-12(13)16/h5-6,10H,2-4,7-9H2,1H3,(H2,17,18,19). The number of carbonyl (C=O) groups is 1. The van der Waals surface area contributed by atoms with Crippen LogP contribution in [0.5, 0.6) is 0 Å². The van der Waals surface area contributed by atoms with Crippen LogP contribution in [0, 0.1) is 0 Å². The average Bonchev–Trinajstić information content (AvgIpc) is 2.41. The molecule has 6 heteroatoms. The van der Waals surface area contributed by atoms with Crippen molar-refractivity contribution in [2.45, 2.75) is 26.2 Å². The molecule has 1 rings (SSSR count). The zero-order valence-corrected chi connectivity index (χ0v) is 13.1. The van der Waals surface area contributed by atoms with Crippen molar-refractivity contribution in [3.05, 3.63) is 28.2 Å². The van der Waals surface area contributed by atoms with Gasteiger partial charge >= 0.3 is 6.03 Å². The van der Waals surface area contributed by atoms with Gasteiger partial charge in [-0.2, -0.15) is 0 Å². The van der Waals surface area contributed by atoms with E-state index in [-0.39, 0.29) is 6.03 Å². The Balaban J connectivity index is 2.17. The minimum Gasteiger partial charge on any atom is -0.381 e. The molecule has 0 aliphatic carbocycles. The van der Waals surface area contributed by atoms with Gasteiger partial charge in [-0.15, -0.1) is 0 Å². The zero-order valence-electron chi connectivity index (χ0n) is 11.5. The van der Waals surface area contributed by atoms with Crippen molar-refractivity contribution < 1.29 is 9.53 Å². The Labute approximate surface area is 129 Å². The lowest BCUT2D eigenvalue weighted by atomic mass is 10.3. The molecule has 0 aliphatic rings. The molecule has 2 N–H and O–H groups in total. The molecule has 112 valence electrons. The van der Waals surface area contributed by atoms with E-state index in [2.05, 4.69) is 17.6 Å². The number of hydrogen-bond donors (Lipinski definition) is 2. The third kappa shape index (κ3) is 6.98. The van der Waals surface area contributed by atoms with Gasteiger partial charge in [0.1, 0.15) is 0 Å². The van der Waals surface area contributed by atoms with Crippen LogP contribution in [0.25, 0.3) is 0 Å². The molecular formula is C14H20Cl2N2O2. The van der Waals surface area contributed by atoms with Crippen LogP contribution in [0.2, 0.25) is 10.0 Å². The van der Waals surface area contributed by atoms with Crippen molar-refractivity contribution >= 4 is 34.9 Å². The number of ether oxygens (including phenoxy) is 1. The molecule has 0 aromatic heterocycles. The molecule has 0 saturated carbocycles. The van der Waals surface area contributed by atoms with E-state index in [1.807, 2.05) is 0 Å². The third-order valence-corrected chi connectivity index (χ3v) is 3.12. The SMILES string of the molecule is CCCCOCCCNC(=O)Nc1ccc(Cl)cc1Cl. The van der Waals surface area contributed by atoms with Gasteiger partial charge in [0.05, 0.1) is 10.7 Å². The van der Waals surface area contributed by atoms with Gasteiger partial charge < -0.3 is 15.4 Å². The first-order valence-electron chi connectivity index (χ1n) is 6.71. The van der Waals surface area contributed by atoms with Crippen molar-refractivity contribution in [3.8, 4) is 0 Å². The summed E-state index contributed by atoms with van der Waals surface area (Å²) in [6.45, 7) is 4.12. The van der Waals surface area contributed by atoms with Crippen LogP contribution in [0.15, 0.2) is 18.2 Å². The van der Waals surface area contributed by atoms with E-state index in [1.54, 1.807) is 18.2 Å². The number of hydrogen-bond acceptors (Lipinski definition) is 2. The second-order valence-corrected chi connectivity index (χ2v) is 5.17. The van der Waals surface area contributed by atoms with Gasteiger partial charge in [-0.1, -0.05) is 36.5 Å². The largest absolute Gasteiger partial charge is 0.381 e. The van der Waals surface area contributed by atoms with Gasteiger partial charge in [-0.05, 0) is 31.0 Å². The number of rotatable bonds is 8. The number of urea groups is 1. The number of unbranched alkanes of at least 4 members (excludes halogenated alkanes) is 1. The number of anilines is 1. The molecule has 2 amide bonds. The Kier molecular flexibility index (Phi) is 8.42. The van der Waals surface area contributed by atoms with Gasteiger partial charge in [0.25, 0.3) is 0 Å². The Morgan fingerprint density at radius 1 is 1.25 bits per heavy atom. The lowest BCUT2D eigenvalue weighted by Gasteiger charge is -2.09. The molecular weight excluding hydrogens is 299 g/mol. The third-order valence-electron chi connectivity index (χ3n) is 2.57. The number of carbonyl (C=O) groups excluding carboxylic acids is 1. The Bertz CT molecular complexity index is 428. The number of halogens is 2. The smallest absolute Gasteiger partial charge is 0.319 e. The molecule has 0 heterocycles. The summed E-state index contributed by atoms with van der Waals surface area (Å²) in [6, 6.07) is 4.63. The van der Waals surface area contributed by atoms with Crippen LogP contribution >= 0.6 is 23.2 Å². The maximum Gasteiger partial charge on any atom is 0.319 e. The molecule has 0 unspecified atom stereocenters. The molecule has 0 radical (unpaired) electrons. The first-order valence-corrected chi connectivity index (χ1v) is 7.46. The van der Waals surface area contributed by atoms with Gasteiger partial charge in [-0.3, -0.25) is 0 Å². The molecule has 4 nitrogen and oxygen atoms in total. The predicted octanol–water partition coefficient (Wildman–Crippen LogP) is 4.32. The summed E-state index contributed by atoms with van der Waals surface area (Å²) in [5.41, 5.74) is 0.535. The fraction of sp³-hybridized carbons (Fsp3) is 0.500. The maximum absolute atomic E-state index is 11.6. The molecule has 0 bridgehead atoms. The Hall–Kier alpha value is -0.970. The molecule has 0 spiro atoms. The fourth-order valence-corrected chi connectivity index (χ4v) is 1.94. The molecule has 0 saturated heterocycles. The lowest BCUT2D eigenvalue weighted by Crippen LogP contribution is -2.30. The van der Waals surface area contributed by atoms with E-state index in [0.717, 1.165) is 25.9 Å². The van der Waals surface area contributed by atoms with Crippen LogP contribution in [0.3, 0.4) is 0 Å². The van der Waals surface area contributed by atoms with Crippen LogP contribution in [-0.2, 0) is 4.74 Å². The normalized spacial score (nSPS) is 10.3. The summed E-state index contributed by atoms with van der Waals surface area (Å²) >= 11 is 11.7. The summed E-state index contributed by atoms with van der Waals surface area (Å²) in [4.78, 5) is 11.6. The highest BCUT2D eigenvalue weighted by Gasteiger charge is 2.05. The highest BCUT2D eigenvalue weighted by molar-refractivity contribution is 6.36. The number of amides is 2. The van der Waals surface area contributed by atoms with Crippen molar-refractivity contribution in [2.75, 3.05) is 25.1 Å². The summed E-state index contributed by atoms with van der Waals surface area (Å²) in [7, 11) is 0. The molecule has 0 atom stereocenters. The van der Waals surface area contributed by atoms with E-state index in [9.17, 15) is 4.79 Å². The minimum absolute atomic E-state index is 0.289. The van der Waals surface area contributed by atoms with Crippen LogP contribution in [-0.4, -0.2) is 25.8 Å². The van der Waals surface area contributed by atoms with E-state index in [0.29, 0.717) is 28.9 Å². The van der Waals surface area contributed by atoms with Crippen LogP contribution in [0.4, 0.5) is 10.5 Å². The van der Waals surface area contributed by atoms with Gasteiger partial charge in [0.2, 0.25) is 0 Å². The molecule has 1 aromatic rings. The van der Waals surface area contributed by atoms with E-state index in [4.69, 9.17) is 27.9 Å². The first kappa shape index (κ1) is 17.1. The number of benzene rings is 1. The van der Waals surface area contributed by atoms with Gasteiger partial charge in [0.15, 0.2) is 0 Å². The second kappa shape index (κ2) is 9.86. The van der Waals surface area contributed by atoms with Crippen molar-refractivity contribution in [1.82, 2.24) is 5.32 Å². The van der Waals surface area contributed by atoms with E-state index >= 15 is 0 Å². The average molecular weight is 319 g/mol. The van der Waals surface area contributed by atoms with E-state index < -0.39 is 0 Å². The topological polar surface area (TPSA) is 50.4 Å². The van der Waals surface area contributed by atoms with Gasteiger partial charge in [0, 0.05) is 24.8 Å².